The molecular weight excluding hydrogens is 218 g/mol. The number of aromatic amines is 1. The zero-order chi connectivity index (χ0) is 11.0. The molecule has 0 unspecified atom stereocenters. The molecule has 0 fully saturated rings. The average molecular weight is 231 g/mol. The zero-order valence-corrected chi connectivity index (χ0v) is 9.77. The van der Waals surface area contributed by atoms with Gasteiger partial charge in [-0.15, -0.1) is 11.8 Å². The highest BCUT2D eigenvalue weighted by Crippen LogP contribution is 2.33. The Morgan fingerprint density at radius 1 is 1.19 bits per heavy atom. The molecule has 0 atom stereocenters. The topological polar surface area (TPSA) is 32.9 Å². The molecule has 16 heavy (non-hydrogen) atoms. The summed E-state index contributed by atoms with van der Waals surface area (Å²) in [5.41, 5.74) is 2.00. The number of rotatable bonds is 0. The average Bonchev–Trinajstić information content (AvgIpc) is 2.63. The number of thioether (sulfide) groups is 1. The van der Waals surface area contributed by atoms with Crippen molar-refractivity contribution in [3.8, 4) is 0 Å². The van der Waals surface area contributed by atoms with Crippen LogP contribution >= 0.6 is 11.8 Å². The Morgan fingerprint density at radius 3 is 3.00 bits per heavy atom. The van der Waals surface area contributed by atoms with E-state index in [1.165, 1.54) is 0 Å². The normalized spacial score (nSPS) is 16.9. The minimum Gasteiger partial charge on any atom is -0.349 e. The second-order valence-electron chi connectivity index (χ2n) is 4.10. The van der Waals surface area contributed by atoms with Crippen molar-refractivity contribution in [3.05, 3.63) is 29.8 Å². The van der Waals surface area contributed by atoms with E-state index >= 15 is 0 Å². The van der Waals surface area contributed by atoms with Gasteiger partial charge < -0.3 is 4.98 Å². The number of nitrogens with one attached hydrogen (secondary N) is 1. The number of hydrogen-bond acceptors (Lipinski definition) is 2. The molecule has 0 aliphatic carbocycles. The van der Waals surface area contributed by atoms with Crippen molar-refractivity contribution in [1.82, 2.24) is 4.98 Å². The van der Waals surface area contributed by atoms with Gasteiger partial charge in [0, 0.05) is 17.3 Å². The molecule has 0 saturated carbocycles. The van der Waals surface area contributed by atoms with Gasteiger partial charge in [-0.1, -0.05) is 18.2 Å². The fourth-order valence-electron chi connectivity index (χ4n) is 2.19. The summed E-state index contributed by atoms with van der Waals surface area (Å²) in [6.45, 7) is 0. The lowest BCUT2D eigenvalue weighted by atomic mass is 10.0. The molecule has 3 heteroatoms. The maximum Gasteiger partial charge on any atom is 0.166 e. The zero-order valence-electron chi connectivity index (χ0n) is 8.95. The first kappa shape index (κ1) is 9.97. The molecule has 82 valence electrons. The van der Waals surface area contributed by atoms with Crippen LogP contribution in [0.15, 0.2) is 29.3 Å². The number of Topliss-reactive ketones (excluding diaryl/α,β-unsaturated/α-hetero) is 1. The first-order valence-electron chi connectivity index (χ1n) is 5.63. The van der Waals surface area contributed by atoms with Crippen LogP contribution in [-0.2, 0) is 0 Å². The van der Waals surface area contributed by atoms with Crippen LogP contribution in [0.3, 0.4) is 0 Å². The number of benzene rings is 1. The third-order valence-electron chi connectivity index (χ3n) is 3.00. The first-order valence-corrected chi connectivity index (χ1v) is 6.61. The molecule has 0 bridgehead atoms. The number of H-pyrrole nitrogens is 1. The van der Waals surface area contributed by atoms with Crippen LogP contribution in [0.4, 0.5) is 0 Å². The van der Waals surface area contributed by atoms with E-state index in [2.05, 4.69) is 4.98 Å². The first-order chi connectivity index (χ1) is 7.86. The van der Waals surface area contributed by atoms with E-state index in [0.717, 1.165) is 40.1 Å². The fraction of sp³-hybridized carbons (Fsp3) is 0.308. The molecular formula is C13H13NOS. The smallest absolute Gasteiger partial charge is 0.166 e. The van der Waals surface area contributed by atoms with Crippen molar-refractivity contribution < 1.29 is 4.79 Å². The van der Waals surface area contributed by atoms with Crippen LogP contribution in [-0.4, -0.2) is 16.5 Å². The van der Waals surface area contributed by atoms with Gasteiger partial charge in [0.2, 0.25) is 0 Å². The number of para-hydroxylation sites is 1. The second-order valence-corrected chi connectivity index (χ2v) is 5.21. The van der Waals surface area contributed by atoms with Crippen LogP contribution in [0.2, 0.25) is 0 Å². The largest absolute Gasteiger partial charge is 0.349 e. The Labute approximate surface area is 98.4 Å². The highest BCUT2D eigenvalue weighted by molar-refractivity contribution is 7.99. The van der Waals surface area contributed by atoms with E-state index in [1.807, 2.05) is 24.3 Å². The van der Waals surface area contributed by atoms with Gasteiger partial charge >= 0.3 is 0 Å². The summed E-state index contributed by atoms with van der Waals surface area (Å²) in [6, 6.07) is 8.06. The molecule has 2 aromatic rings. The van der Waals surface area contributed by atoms with Crippen molar-refractivity contribution in [2.45, 2.75) is 24.3 Å². The number of hydrogen-bond donors (Lipinski definition) is 1. The van der Waals surface area contributed by atoms with Crippen LogP contribution < -0.4 is 0 Å². The predicted molar refractivity (Wildman–Crippen MR) is 67.2 cm³/mol. The monoisotopic (exact) mass is 231 g/mol. The third kappa shape index (κ3) is 1.55. The summed E-state index contributed by atoms with van der Waals surface area (Å²) in [7, 11) is 0. The number of carbonyl (C=O) groups is 1. The molecule has 0 amide bonds. The molecule has 0 radical (unpaired) electrons. The van der Waals surface area contributed by atoms with E-state index in [9.17, 15) is 4.79 Å². The molecule has 2 nitrogen and oxygen atoms in total. The van der Waals surface area contributed by atoms with Gasteiger partial charge in [-0.2, -0.15) is 0 Å². The molecule has 2 heterocycles. The molecule has 1 N–H and O–H groups in total. The lowest BCUT2D eigenvalue weighted by Crippen LogP contribution is -2.03. The van der Waals surface area contributed by atoms with E-state index < -0.39 is 0 Å². The molecule has 1 aromatic heterocycles. The summed E-state index contributed by atoms with van der Waals surface area (Å²) in [4.78, 5) is 15.5. The van der Waals surface area contributed by atoms with Crippen molar-refractivity contribution >= 4 is 28.4 Å². The lowest BCUT2D eigenvalue weighted by molar-refractivity contribution is 0.0978. The summed E-state index contributed by atoms with van der Waals surface area (Å²) in [6.07, 6.45) is 2.84. The van der Waals surface area contributed by atoms with Crippen LogP contribution in [0.1, 0.15) is 29.6 Å². The summed E-state index contributed by atoms with van der Waals surface area (Å²) in [5, 5.41) is 2.14. The molecule has 1 aliphatic rings. The highest BCUT2D eigenvalue weighted by atomic mass is 32.2. The number of ketones is 1. The van der Waals surface area contributed by atoms with Crippen molar-refractivity contribution in [2.24, 2.45) is 0 Å². The molecule has 1 aromatic carbocycles. The van der Waals surface area contributed by atoms with Gasteiger partial charge in [0.25, 0.3) is 0 Å². The van der Waals surface area contributed by atoms with Gasteiger partial charge in [0.15, 0.2) is 5.78 Å². The van der Waals surface area contributed by atoms with Gasteiger partial charge in [-0.3, -0.25) is 4.79 Å². The van der Waals surface area contributed by atoms with Crippen LogP contribution in [0, 0.1) is 0 Å². The quantitative estimate of drug-likeness (QED) is 0.751. The predicted octanol–water partition coefficient (Wildman–Crippen LogP) is 3.63. The second kappa shape index (κ2) is 3.98. The maximum atomic E-state index is 12.1. The Morgan fingerprint density at radius 2 is 2.06 bits per heavy atom. The van der Waals surface area contributed by atoms with E-state index in [4.69, 9.17) is 0 Å². The Balaban J connectivity index is 2.24. The Kier molecular flexibility index (Phi) is 2.48. The minimum absolute atomic E-state index is 0.291. The van der Waals surface area contributed by atoms with Gasteiger partial charge in [-0.05, 0) is 24.7 Å². The third-order valence-corrected chi connectivity index (χ3v) is 4.08. The van der Waals surface area contributed by atoms with Crippen LogP contribution in [0.5, 0.6) is 0 Å². The van der Waals surface area contributed by atoms with E-state index in [0.29, 0.717) is 12.2 Å². The maximum absolute atomic E-state index is 12.1. The molecule has 3 rings (SSSR count). The summed E-state index contributed by atoms with van der Waals surface area (Å²) in [5.74, 6) is 1.40. The molecule has 1 aliphatic heterocycles. The highest BCUT2D eigenvalue weighted by Gasteiger charge is 2.19. The summed E-state index contributed by atoms with van der Waals surface area (Å²) >= 11 is 1.78. The van der Waals surface area contributed by atoms with Crippen molar-refractivity contribution in [3.63, 3.8) is 0 Å². The van der Waals surface area contributed by atoms with Gasteiger partial charge in [-0.25, -0.2) is 0 Å². The fourth-order valence-corrected chi connectivity index (χ4v) is 3.29. The standard InChI is InChI=1S/C13H13NOS/c15-11-7-3-4-8-16-13-12(11)9-5-1-2-6-10(9)14-13/h1-2,5-6,14H,3-4,7-8H2. The van der Waals surface area contributed by atoms with Crippen molar-refractivity contribution in [1.29, 1.82) is 0 Å². The van der Waals surface area contributed by atoms with E-state index in [1.54, 1.807) is 11.8 Å². The lowest BCUT2D eigenvalue weighted by Gasteiger charge is -2.08. The van der Waals surface area contributed by atoms with Gasteiger partial charge in [0.05, 0.1) is 10.6 Å². The molecule has 0 spiro atoms. The minimum atomic E-state index is 0.291. The van der Waals surface area contributed by atoms with Crippen molar-refractivity contribution in [2.75, 3.05) is 5.75 Å². The van der Waals surface area contributed by atoms with Gasteiger partial charge in [0.1, 0.15) is 0 Å². The Hall–Kier alpha value is -1.22. The number of aromatic nitrogens is 1. The number of fused-ring (bicyclic) bond motifs is 3. The van der Waals surface area contributed by atoms with Crippen LogP contribution in [0.25, 0.3) is 10.9 Å². The number of carbonyl (C=O) groups excluding carboxylic acids is 1. The summed E-state index contributed by atoms with van der Waals surface area (Å²) < 4.78 is 0. The van der Waals surface area contributed by atoms with E-state index in [-0.39, 0.29) is 0 Å². The SMILES string of the molecule is O=C1CCCCSc2[nH]c3ccccc3c21. The molecule has 0 saturated heterocycles. The Bertz CT molecular complexity index is 544.